The minimum absolute atomic E-state index is 0.0236. The fourth-order valence-corrected chi connectivity index (χ4v) is 5.29. The third kappa shape index (κ3) is 57.4. The van der Waals surface area contributed by atoms with Crippen molar-refractivity contribution >= 4 is 0 Å². The SMILES string of the molecule is CCCCCCCCCCCCCCOCCOCCOCCOCCOCCOCCOCCOCCOCCOCCOCCOCCOCCOCCOCCO. The third-order valence-electron chi connectivity index (χ3n) is 8.59. The van der Waals surface area contributed by atoms with Gasteiger partial charge in [-0.25, -0.2) is 0 Å². The molecule has 0 spiro atoms. The normalized spacial score (nSPS) is 11.7. The molecule has 0 radical (unpaired) electrons. The number of hydrogen-bond donors (Lipinski definition) is 1. The molecular weight excluding hydrogens is 784 g/mol. The van der Waals surface area contributed by atoms with E-state index < -0.39 is 0 Å². The molecule has 16 nitrogen and oxygen atoms in total. The fourth-order valence-electron chi connectivity index (χ4n) is 5.29. The highest BCUT2D eigenvalue weighted by molar-refractivity contribution is 4.49. The minimum atomic E-state index is 0.0236. The summed E-state index contributed by atoms with van der Waals surface area (Å²) in [7, 11) is 0. The van der Waals surface area contributed by atoms with Crippen molar-refractivity contribution in [3.63, 3.8) is 0 Å². The van der Waals surface area contributed by atoms with Gasteiger partial charge in [-0.15, -0.1) is 0 Å². The van der Waals surface area contributed by atoms with Crippen LogP contribution in [0.15, 0.2) is 0 Å². The second kappa shape index (κ2) is 58.4. The van der Waals surface area contributed by atoms with Gasteiger partial charge in [-0.1, -0.05) is 77.6 Å². The van der Waals surface area contributed by atoms with Crippen molar-refractivity contribution in [3.05, 3.63) is 0 Å². The Morgan fingerprint density at radius 3 is 0.517 bits per heavy atom. The first-order valence-corrected chi connectivity index (χ1v) is 23.2. The maximum atomic E-state index is 8.60. The number of aliphatic hydroxyl groups is 1. The van der Waals surface area contributed by atoms with Gasteiger partial charge in [0.2, 0.25) is 0 Å². The molecule has 16 heteroatoms. The highest BCUT2D eigenvalue weighted by atomic mass is 16.6. The summed E-state index contributed by atoms with van der Waals surface area (Å²) in [6.07, 6.45) is 16.3. The molecule has 0 saturated heterocycles. The lowest BCUT2D eigenvalue weighted by atomic mass is 10.1. The van der Waals surface area contributed by atoms with Gasteiger partial charge in [0.1, 0.15) is 0 Å². The number of ether oxygens (including phenoxy) is 15. The topological polar surface area (TPSA) is 159 Å². The van der Waals surface area contributed by atoms with E-state index >= 15 is 0 Å². The van der Waals surface area contributed by atoms with Crippen molar-refractivity contribution in [2.24, 2.45) is 0 Å². The average Bonchev–Trinajstić information content (AvgIpc) is 3.26. The molecule has 0 aromatic heterocycles. The summed E-state index contributed by atoms with van der Waals surface area (Å²) in [5.41, 5.74) is 0. The number of rotatable bonds is 57. The van der Waals surface area contributed by atoms with Crippen LogP contribution in [0.5, 0.6) is 0 Å². The number of hydrogen-bond acceptors (Lipinski definition) is 16. The van der Waals surface area contributed by atoms with Gasteiger partial charge < -0.3 is 76.2 Å². The summed E-state index contributed by atoms with van der Waals surface area (Å²) < 4.78 is 82.1. The molecule has 1 N–H and O–H groups in total. The van der Waals surface area contributed by atoms with Gasteiger partial charge in [0, 0.05) is 6.61 Å². The zero-order chi connectivity index (χ0) is 43.0. The van der Waals surface area contributed by atoms with Crippen molar-refractivity contribution in [1.82, 2.24) is 0 Å². The van der Waals surface area contributed by atoms with E-state index in [9.17, 15) is 0 Å². The highest BCUT2D eigenvalue weighted by Gasteiger charge is 1.99. The van der Waals surface area contributed by atoms with E-state index in [0.717, 1.165) is 13.0 Å². The molecule has 0 aromatic rings. The Hall–Kier alpha value is -0.640. The second-order valence-corrected chi connectivity index (χ2v) is 13.8. The third-order valence-corrected chi connectivity index (χ3v) is 8.59. The molecule has 0 rings (SSSR count). The van der Waals surface area contributed by atoms with Crippen LogP contribution in [0, 0.1) is 0 Å². The molecule has 362 valence electrons. The second-order valence-electron chi connectivity index (χ2n) is 13.8. The summed E-state index contributed by atoms with van der Waals surface area (Å²) in [6.45, 7) is 18.0. The van der Waals surface area contributed by atoms with Crippen molar-refractivity contribution in [3.8, 4) is 0 Å². The van der Waals surface area contributed by atoms with Crippen molar-refractivity contribution in [1.29, 1.82) is 0 Å². The summed E-state index contributed by atoms with van der Waals surface area (Å²) >= 11 is 0. The summed E-state index contributed by atoms with van der Waals surface area (Å²) in [4.78, 5) is 0. The maximum Gasteiger partial charge on any atom is 0.0701 e. The van der Waals surface area contributed by atoms with Gasteiger partial charge in [-0.3, -0.25) is 0 Å². The molecular formula is C44H90O16. The summed E-state index contributed by atoms with van der Waals surface area (Å²) in [5.74, 6) is 0. The van der Waals surface area contributed by atoms with Gasteiger partial charge in [0.25, 0.3) is 0 Å². The monoisotopic (exact) mass is 875 g/mol. The Labute approximate surface area is 364 Å². The van der Waals surface area contributed by atoms with Crippen LogP contribution < -0.4 is 0 Å². The Morgan fingerprint density at radius 2 is 0.333 bits per heavy atom. The first kappa shape index (κ1) is 59.4. The van der Waals surface area contributed by atoms with E-state index in [1.807, 2.05) is 0 Å². The molecule has 0 aliphatic rings. The van der Waals surface area contributed by atoms with Crippen LogP contribution in [-0.4, -0.2) is 210 Å². The van der Waals surface area contributed by atoms with Gasteiger partial charge >= 0.3 is 0 Å². The van der Waals surface area contributed by atoms with Crippen LogP contribution in [0.1, 0.15) is 84.0 Å². The van der Waals surface area contributed by atoms with Crippen LogP contribution in [0.25, 0.3) is 0 Å². The highest BCUT2D eigenvalue weighted by Crippen LogP contribution is 2.12. The first-order chi connectivity index (χ1) is 29.9. The van der Waals surface area contributed by atoms with Crippen LogP contribution in [0.2, 0.25) is 0 Å². The quantitative estimate of drug-likeness (QED) is 0.0820. The molecule has 0 aromatic carbocycles. The predicted octanol–water partition coefficient (Wildman–Crippen LogP) is 4.93. The largest absolute Gasteiger partial charge is 0.394 e. The summed E-state index contributed by atoms with van der Waals surface area (Å²) in [5, 5.41) is 8.60. The lowest BCUT2D eigenvalue weighted by Gasteiger charge is -2.09. The van der Waals surface area contributed by atoms with E-state index in [-0.39, 0.29) is 6.61 Å². The zero-order valence-electron chi connectivity index (χ0n) is 38.0. The molecule has 0 unspecified atom stereocenters. The first-order valence-electron chi connectivity index (χ1n) is 23.2. The van der Waals surface area contributed by atoms with Gasteiger partial charge in [0.05, 0.1) is 198 Å². The van der Waals surface area contributed by atoms with E-state index in [1.165, 1.54) is 70.6 Å². The van der Waals surface area contributed by atoms with Crippen LogP contribution in [0.3, 0.4) is 0 Å². The molecule has 0 atom stereocenters. The lowest BCUT2D eigenvalue weighted by Crippen LogP contribution is -2.15. The predicted molar refractivity (Wildman–Crippen MR) is 230 cm³/mol. The molecule has 0 amide bonds. The fraction of sp³-hybridized carbons (Fsp3) is 1.00. The van der Waals surface area contributed by atoms with Crippen LogP contribution in [0.4, 0.5) is 0 Å². The number of unbranched alkanes of at least 4 members (excludes halogenated alkanes) is 11. The molecule has 0 aliphatic heterocycles. The standard InChI is InChI=1S/C44H90O16/c1-2-3-4-5-6-7-8-9-10-11-12-13-15-46-17-19-48-21-23-50-25-27-52-29-31-54-33-35-56-37-39-58-41-43-60-44-42-59-40-38-57-36-34-55-32-30-53-28-26-51-24-22-49-20-18-47-16-14-45/h45H,2-44H2,1H3. The Balaban J connectivity index is 3.06. The number of aliphatic hydroxyl groups excluding tert-OH is 1. The molecule has 60 heavy (non-hydrogen) atoms. The average molecular weight is 875 g/mol. The molecule has 0 aliphatic carbocycles. The van der Waals surface area contributed by atoms with E-state index in [0.29, 0.717) is 192 Å². The lowest BCUT2D eigenvalue weighted by molar-refractivity contribution is -0.0301. The Kier molecular flexibility index (Phi) is 57.7. The van der Waals surface area contributed by atoms with Crippen molar-refractivity contribution in [2.75, 3.05) is 205 Å². The van der Waals surface area contributed by atoms with Crippen LogP contribution in [-0.2, 0) is 71.1 Å². The van der Waals surface area contributed by atoms with Gasteiger partial charge in [0.15, 0.2) is 0 Å². The molecule has 0 bridgehead atoms. The molecule has 0 fully saturated rings. The van der Waals surface area contributed by atoms with E-state index in [2.05, 4.69) is 6.92 Å². The summed E-state index contributed by atoms with van der Waals surface area (Å²) in [6, 6.07) is 0. The molecule has 0 heterocycles. The van der Waals surface area contributed by atoms with Crippen molar-refractivity contribution in [2.45, 2.75) is 84.0 Å². The zero-order valence-corrected chi connectivity index (χ0v) is 38.0. The smallest absolute Gasteiger partial charge is 0.0701 e. The van der Waals surface area contributed by atoms with E-state index in [1.54, 1.807) is 0 Å². The van der Waals surface area contributed by atoms with Crippen molar-refractivity contribution < 1.29 is 76.2 Å². The minimum Gasteiger partial charge on any atom is -0.394 e. The van der Waals surface area contributed by atoms with Crippen LogP contribution >= 0.6 is 0 Å². The molecule has 0 saturated carbocycles. The van der Waals surface area contributed by atoms with Gasteiger partial charge in [-0.05, 0) is 6.42 Å². The Morgan fingerprint density at radius 1 is 0.183 bits per heavy atom. The maximum absolute atomic E-state index is 8.60. The Bertz CT molecular complexity index is 672. The van der Waals surface area contributed by atoms with E-state index in [4.69, 9.17) is 76.2 Å². The van der Waals surface area contributed by atoms with Gasteiger partial charge in [-0.2, -0.15) is 0 Å².